The van der Waals surface area contributed by atoms with Crippen molar-refractivity contribution in [1.82, 2.24) is 5.32 Å². The molecule has 0 aliphatic heterocycles. The maximum atomic E-state index is 3.83. The van der Waals surface area contributed by atoms with E-state index in [2.05, 4.69) is 34.1 Å². The van der Waals surface area contributed by atoms with E-state index >= 15 is 0 Å². The van der Waals surface area contributed by atoms with E-state index in [1.54, 1.807) is 0 Å². The molecule has 0 radical (unpaired) electrons. The lowest BCUT2D eigenvalue weighted by atomic mass is 9.95. The van der Waals surface area contributed by atoms with Gasteiger partial charge in [0.05, 0.1) is 0 Å². The van der Waals surface area contributed by atoms with Crippen molar-refractivity contribution in [2.24, 2.45) is 0 Å². The molecule has 2 unspecified atom stereocenters. The van der Waals surface area contributed by atoms with E-state index in [1.807, 2.05) is 11.8 Å². The quantitative estimate of drug-likeness (QED) is 0.837. The minimum Gasteiger partial charge on any atom is -0.309 e. The Morgan fingerprint density at radius 2 is 2.38 bits per heavy atom. The molecule has 0 amide bonds. The van der Waals surface area contributed by atoms with Crippen LogP contribution in [-0.2, 0) is 0 Å². The van der Waals surface area contributed by atoms with Gasteiger partial charge < -0.3 is 5.32 Å². The highest BCUT2D eigenvalue weighted by molar-refractivity contribution is 9.11. The molecule has 1 rings (SSSR count). The average molecular weight is 264 g/mol. The minimum atomic E-state index is 0.709. The molecule has 1 aliphatic rings. The smallest absolute Gasteiger partial charge is 0.0268 e. The number of thioether (sulfide) groups is 1. The maximum Gasteiger partial charge on any atom is 0.0268 e. The molecule has 13 heavy (non-hydrogen) atoms. The molecule has 1 N–H and O–H groups in total. The monoisotopic (exact) mass is 263 g/mol. The number of nitrogens with one attached hydrogen (secondary N) is 1. The normalized spacial score (nSPS) is 28.8. The van der Waals surface area contributed by atoms with Crippen LogP contribution in [0.4, 0.5) is 0 Å². The third-order valence-electron chi connectivity index (χ3n) is 2.54. The first-order valence-electron chi connectivity index (χ1n) is 4.82. The lowest BCUT2D eigenvalue weighted by Gasteiger charge is -2.28. The fourth-order valence-electron chi connectivity index (χ4n) is 1.80. The van der Waals surface area contributed by atoms with Gasteiger partial charge in [-0.15, -0.1) is 0 Å². The summed E-state index contributed by atoms with van der Waals surface area (Å²) in [5.74, 6) is 0. The Labute approximate surface area is 93.9 Å². The Kier molecular flexibility index (Phi) is 5.44. The van der Waals surface area contributed by atoms with Crippen LogP contribution in [0.1, 0.15) is 25.7 Å². The van der Waals surface area contributed by atoms with Crippen LogP contribution in [0.5, 0.6) is 0 Å². The van der Waals surface area contributed by atoms with Crippen molar-refractivity contribution in [2.75, 3.05) is 12.8 Å². The molecular formula is C10H18BrNS. The lowest BCUT2D eigenvalue weighted by Crippen LogP contribution is -2.35. The zero-order valence-electron chi connectivity index (χ0n) is 8.18. The van der Waals surface area contributed by atoms with Crippen LogP contribution in [0.2, 0.25) is 0 Å². The molecule has 0 aromatic heterocycles. The van der Waals surface area contributed by atoms with E-state index in [9.17, 15) is 0 Å². The average Bonchev–Trinajstić information content (AvgIpc) is 2.15. The van der Waals surface area contributed by atoms with Crippen molar-refractivity contribution in [1.29, 1.82) is 0 Å². The maximum absolute atomic E-state index is 3.83. The van der Waals surface area contributed by atoms with Gasteiger partial charge in [-0.25, -0.2) is 0 Å². The molecule has 3 heteroatoms. The second-order valence-electron chi connectivity index (χ2n) is 3.62. The highest BCUT2D eigenvalue weighted by Gasteiger charge is 2.20. The zero-order valence-corrected chi connectivity index (χ0v) is 10.6. The van der Waals surface area contributed by atoms with Crippen LogP contribution in [0.3, 0.4) is 0 Å². The van der Waals surface area contributed by atoms with Gasteiger partial charge in [-0.05, 0) is 25.5 Å². The molecule has 0 bridgehead atoms. The lowest BCUT2D eigenvalue weighted by molar-refractivity contribution is 0.392. The predicted octanol–water partition coefficient (Wildman–Crippen LogP) is 3.16. The Hall–Kier alpha value is 0.530. The van der Waals surface area contributed by atoms with Gasteiger partial charge >= 0.3 is 0 Å². The van der Waals surface area contributed by atoms with Crippen LogP contribution >= 0.6 is 27.7 Å². The summed E-state index contributed by atoms with van der Waals surface area (Å²) in [6.07, 6.45) is 7.64. The topological polar surface area (TPSA) is 12.0 Å². The van der Waals surface area contributed by atoms with Crippen LogP contribution in [-0.4, -0.2) is 24.1 Å². The van der Waals surface area contributed by atoms with Crippen molar-refractivity contribution in [3.63, 3.8) is 0 Å². The van der Waals surface area contributed by atoms with Gasteiger partial charge in [0.1, 0.15) is 0 Å². The zero-order chi connectivity index (χ0) is 9.68. The largest absolute Gasteiger partial charge is 0.309 e. The Morgan fingerprint density at radius 3 is 3.00 bits per heavy atom. The third-order valence-corrected chi connectivity index (χ3v) is 3.92. The van der Waals surface area contributed by atoms with E-state index in [4.69, 9.17) is 0 Å². The van der Waals surface area contributed by atoms with Gasteiger partial charge in [-0.3, -0.25) is 0 Å². The number of hydrogen-bond acceptors (Lipinski definition) is 2. The van der Waals surface area contributed by atoms with Crippen molar-refractivity contribution in [3.05, 3.63) is 11.1 Å². The number of rotatable bonds is 4. The fraction of sp³-hybridized carbons (Fsp3) is 0.800. The second kappa shape index (κ2) is 6.10. The molecule has 1 saturated carbocycles. The van der Waals surface area contributed by atoms with Gasteiger partial charge in [0, 0.05) is 22.3 Å². The Morgan fingerprint density at radius 1 is 1.62 bits per heavy atom. The molecule has 1 fully saturated rings. The van der Waals surface area contributed by atoms with Crippen molar-refractivity contribution in [2.45, 2.75) is 37.0 Å². The summed E-state index contributed by atoms with van der Waals surface area (Å²) in [5, 5.41) is 4.40. The van der Waals surface area contributed by atoms with Crippen LogP contribution in [0.25, 0.3) is 0 Å². The van der Waals surface area contributed by atoms with Gasteiger partial charge in [-0.2, -0.15) is 11.8 Å². The van der Waals surface area contributed by atoms with Gasteiger partial charge in [0.25, 0.3) is 0 Å². The van der Waals surface area contributed by atoms with Crippen molar-refractivity contribution >= 4 is 27.7 Å². The fourth-order valence-corrected chi connectivity index (χ4v) is 2.79. The van der Waals surface area contributed by atoms with E-state index < -0.39 is 0 Å². The van der Waals surface area contributed by atoms with E-state index in [1.165, 1.54) is 25.7 Å². The molecule has 0 saturated heterocycles. The first-order valence-corrected chi connectivity index (χ1v) is 6.90. The van der Waals surface area contributed by atoms with Gasteiger partial charge in [-0.1, -0.05) is 28.9 Å². The summed E-state index contributed by atoms with van der Waals surface area (Å²) >= 11 is 5.38. The highest BCUT2D eigenvalue weighted by atomic mass is 79.9. The summed E-state index contributed by atoms with van der Waals surface area (Å²) in [5.41, 5.74) is 0. The molecule has 1 aliphatic carbocycles. The molecule has 0 aromatic carbocycles. The van der Waals surface area contributed by atoms with Gasteiger partial charge in [0.15, 0.2) is 0 Å². The van der Waals surface area contributed by atoms with Crippen molar-refractivity contribution in [3.8, 4) is 0 Å². The predicted molar refractivity (Wildman–Crippen MR) is 65.6 cm³/mol. The summed E-state index contributed by atoms with van der Waals surface area (Å²) in [6.45, 7) is 4.74. The van der Waals surface area contributed by atoms with E-state index in [-0.39, 0.29) is 0 Å². The Bertz CT molecular complexity index is 172. The molecule has 0 heterocycles. The van der Waals surface area contributed by atoms with Crippen LogP contribution in [0, 0.1) is 0 Å². The molecule has 0 aromatic rings. The van der Waals surface area contributed by atoms with E-state index in [0.717, 1.165) is 16.3 Å². The van der Waals surface area contributed by atoms with Crippen LogP contribution in [0.15, 0.2) is 11.1 Å². The first kappa shape index (κ1) is 11.6. The molecule has 76 valence electrons. The second-order valence-corrected chi connectivity index (χ2v) is 5.88. The molecule has 2 atom stereocenters. The minimum absolute atomic E-state index is 0.709. The molecular weight excluding hydrogens is 246 g/mol. The summed E-state index contributed by atoms with van der Waals surface area (Å²) in [4.78, 5) is 0. The molecule has 1 nitrogen and oxygen atoms in total. The standard InChI is InChI=1S/C10H18BrNS/c1-8(11)7-12-9-4-3-5-10(6-9)13-2/h9-10,12H,1,3-7H2,2H3. The summed E-state index contributed by atoms with van der Waals surface area (Å²) in [6, 6.07) is 0.709. The Balaban J connectivity index is 2.21. The van der Waals surface area contributed by atoms with Crippen molar-refractivity contribution < 1.29 is 0 Å². The summed E-state index contributed by atoms with van der Waals surface area (Å²) in [7, 11) is 0. The van der Waals surface area contributed by atoms with Crippen LogP contribution < -0.4 is 5.32 Å². The summed E-state index contributed by atoms with van der Waals surface area (Å²) < 4.78 is 1.05. The third kappa shape index (κ3) is 4.52. The SMILES string of the molecule is C=C(Br)CNC1CCCC(SC)C1. The number of hydrogen-bond donors (Lipinski definition) is 1. The van der Waals surface area contributed by atoms with E-state index in [0.29, 0.717) is 6.04 Å². The first-order chi connectivity index (χ1) is 6.22. The highest BCUT2D eigenvalue weighted by Crippen LogP contribution is 2.26. The molecule has 0 spiro atoms. The number of halogens is 1. The van der Waals surface area contributed by atoms with Gasteiger partial charge in [0.2, 0.25) is 0 Å².